The van der Waals surface area contributed by atoms with Crippen molar-refractivity contribution in [3.8, 4) is 22.5 Å². The smallest absolute Gasteiger partial charge is 0.0366 e. The van der Waals surface area contributed by atoms with Gasteiger partial charge in [0.15, 0.2) is 0 Å². The van der Waals surface area contributed by atoms with Gasteiger partial charge in [0, 0.05) is 35.2 Å². The van der Waals surface area contributed by atoms with E-state index >= 15 is 0 Å². The van der Waals surface area contributed by atoms with Gasteiger partial charge in [-0.15, -0.1) is 71.8 Å². The minimum Gasteiger partial charge on any atom is -0.305 e. The zero-order chi connectivity index (χ0) is 22.9. The van der Waals surface area contributed by atoms with Crippen LogP contribution >= 0.6 is 0 Å². The van der Waals surface area contributed by atoms with Crippen LogP contribution in [0.5, 0.6) is 0 Å². The van der Waals surface area contributed by atoms with E-state index in [2.05, 4.69) is 22.1 Å². The summed E-state index contributed by atoms with van der Waals surface area (Å²) in [5.41, 5.74) is 4.89. The first-order chi connectivity index (χ1) is 16.1. The van der Waals surface area contributed by atoms with Gasteiger partial charge in [-0.25, -0.2) is 0 Å². The molecule has 0 aliphatic rings. The Bertz CT molecular complexity index is 1210. The Hall–Kier alpha value is -3.39. The predicted molar refractivity (Wildman–Crippen MR) is 126 cm³/mol. The summed E-state index contributed by atoms with van der Waals surface area (Å²) in [5.74, 6) is 0. The van der Waals surface area contributed by atoms with Gasteiger partial charge in [0.1, 0.15) is 0 Å². The molecule has 0 bridgehead atoms. The van der Waals surface area contributed by atoms with Crippen molar-refractivity contribution in [2.24, 2.45) is 0 Å². The van der Waals surface area contributed by atoms with Crippen LogP contribution in [0.25, 0.3) is 22.5 Å². The molecule has 2 nitrogen and oxygen atoms in total. The first-order valence-corrected chi connectivity index (χ1v) is 10.0. The Morgan fingerprint density at radius 3 is 1.75 bits per heavy atom. The average Bonchev–Trinajstić information content (AvgIpc) is 2.91. The van der Waals surface area contributed by atoms with Crippen molar-refractivity contribution in [1.29, 1.82) is 0 Å². The molecule has 0 fully saturated rings. The van der Waals surface area contributed by atoms with E-state index in [9.17, 15) is 0 Å². The Morgan fingerprint density at radius 1 is 0.594 bits per heavy atom. The predicted octanol–water partition coefficient (Wildman–Crippen LogP) is 6.69. The zero-order valence-corrected chi connectivity index (χ0v) is 19.7. The van der Waals surface area contributed by atoms with Gasteiger partial charge in [-0.2, -0.15) is 0 Å². The van der Waals surface area contributed by atoms with Crippen molar-refractivity contribution in [2.45, 2.75) is 6.37 Å². The van der Waals surface area contributed by atoms with Gasteiger partial charge in [-0.05, 0) is 35.0 Å². The molecular formula is C29H22IrN2-2. The molecule has 5 rings (SSSR count). The second kappa shape index (κ2) is 12.5. The van der Waals surface area contributed by atoms with Gasteiger partial charge in [0.25, 0.3) is 0 Å². The molecule has 0 aliphatic heterocycles. The number of hydrogen-bond donors (Lipinski definition) is 0. The van der Waals surface area contributed by atoms with Gasteiger partial charge in [-0.1, -0.05) is 54.6 Å². The fraction of sp³-hybridized carbons (Fsp3) is 0.0345. The third-order valence-corrected chi connectivity index (χ3v) is 4.46. The van der Waals surface area contributed by atoms with Crippen LogP contribution in [-0.4, -0.2) is 9.97 Å². The van der Waals surface area contributed by atoms with Crippen molar-refractivity contribution < 1.29 is 22.8 Å². The van der Waals surface area contributed by atoms with Gasteiger partial charge >= 0.3 is 0 Å². The maximum Gasteiger partial charge on any atom is 0.0366 e. The molecule has 0 saturated heterocycles. The molecule has 159 valence electrons. The summed E-state index contributed by atoms with van der Waals surface area (Å²) in [6.45, 7) is 0. The fourth-order valence-corrected chi connectivity index (χ4v) is 2.94. The molecule has 5 aromatic rings. The van der Waals surface area contributed by atoms with Crippen LogP contribution in [0.2, 0.25) is 0 Å². The van der Waals surface area contributed by atoms with Gasteiger partial charge in [0.05, 0.1) is 0 Å². The summed E-state index contributed by atoms with van der Waals surface area (Å²) in [4.78, 5) is 8.59. The summed E-state index contributed by atoms with van der Waals surface area (Å²) < 4.78 is 16.6. The summed E-state index contributed by atoms with van der Waals surface area (Å²) >= 11 is 0. The molecule has 0 amide bonds. The molecule has 1 radical (unpaired) electrons. The monoisotopic (exact) mass is 593 g/mol. The van der Waals surface area contributed by atoms with Crippen LogP contribution in [0.4, 0.5) is 0 Å². The molecule has 32 heavy (non-hydrogen) atoms. The Balaban J connectivity index is 0.000000212. The maximum absolute atomic E-state index is 8.30. The van der Waals surface area contributed by atoms with E-state index in [-0.39, 0.29) is 20.1 Å². The molecule has 3 aromatic carbocycles. The van der Waals surface area contributed by atoms with Crippen LogP contribution in [0, 0.1) is 12.1 Å². The first-order valence-electron chi connectivity index (χ1n) is 11.0. The van der Waals surface area contributed by atoms with E-state index in [1.54, 1.807) is 30.6 Å². The van der Waals surface area contributed by atoms with E-state index < -0.39 is 6.37 Å². The van der Waals surface area contributed by atoms with E-state index in [1.807, 2.05) is 91.0 Å². The SMILES string of the molecule is [2H]C([2H])(c1ccccc1)c1ccc(-c2[c-]cccc2)nc1.[Ir].[c-]1ccccc1-c1ccccn1. The second-order valence-electron chi connectivity index (χ2n) is 6.69. The van der Waals surface area contributed by atoms with Crippen molar-refractivity contribution in [3.05, 3.63) is 145 Å². The number of pyridine rings is 2. The molecule has 0 N–H and O–H groups in total. The van der Waals surface area contributed by atoms with Gasteiger partial charge in [-0.3, -0.25) is 0 Å². The van der Waals surface area contributed by atoms with E-state index in [0.717, 1.165) is 22.5 Å². The standard InChI is InChI=1S/C18H14N.C11H8N.Ir/c1-3-7-15(8-4-1)13-16-11-12-18(19-14-16)17-9-5-2-6-10-17;1-2-6-10(7-3-1)11-8-4-5-9-12-11;/h1-9,11-12,14H,13H2;1-6,8-9H;/q2*-1;/i13D2;;. The van der Waals surface area contributed by atoms with Crippen molar-refractivity contribution >= 4 is 0 Å². The number of aromatic nitrogens is 2. The Kier molecular flexibility index (Phi) is 7.99. The molecule has 0 aliphatic carbocycles. The third kappa shape index (κ3) is 6.81. The van der Waals surface area contributed by atoms with Crippen LogP contribution in [-0.2, 0) is 26.5 Å². The molecule has 2 aromatic heterocycles. The molecule has 0 atom stereocenters. The maximum atomic E-state index is 8.30. The molecule has 0 spiro atoms. The topological polar surface area (TPSA) is 25.8 Å². The van der Waals surface area contributed by atoms with E-state index in [1.165, 1.54) is 0 Å². The average molecular weight is 593 g/mol. The molecule has 0 unspecified atom stereocenters. The van der Waals surface area contributed by atoms with Crippen molar-refractivity contribution in [1.82, 2.24) is 9.97 Å². The molecule has 3 heteroatoms. The van der Waals surface area contributed by atoms with Crippen LogP contribution < -0.4 is 0 Å². The van der Waals surface area contributed by atoms with Crippen LogP contribution in [0.3, 0.4) is 0 Å². The van der Waals surface area contributed by atoms with Gasteiger partial charge in [0.2, 0.25) is 0 Å². The van der Waals surface area contributed by atoms with Crippen molar-refractivity contribution in [2.75, 3.05) is 0 Å². The molecule has 2 heterocycles. The first kappa shape index (κ1) is 20.5. The second-order valence-corrected chi connectivity index (χ2v) is 6.69. The molecular weight excluding hydrogens is 569 g/mol. The number of benzene rings is 3. The summed E-state index contributed by atoms with van der Waals surface area (Å²) in [6, 6.07) is 40.3. The van der Waals surface area contributed by atoms with Gasteiger partial charge < -0.3 is 9.97 Å². The minimum atomic E-state index is -1.55. The quantitative estimate of drug-likeness (QED) is 0.218. The summed E-state index contributed by atoms with van der Waals surface area (Å²) in [6.07, 6.45) is 1.84. The van der Waals surface area contributed by atoms with Crippen LogP contribution in [0.15, 0.2) is 122 Å². The third-order valence-electron chi connectivity index (χ3n) is 4.46. The Labute approximate surface area is 206 Å². The fourth-order valence-electron chi connectivity index (χ4n) is 2.94. The van der Waals surface area contributed by atoms with E-state index in [0.29, 0.717) is 11.1 Å². The zero-order valence-electron chi connectivity index (χ0n) is 19.3. The number of hydrogen-bond acceptors (Lipinski definition) is 2. The largest absolute Gasteiger partial charge is 0.305 e. The normalized spacial score (nSPS) is 11.1. The number of nitrogens with zero attached hydrogens (tertiary/aromatic N) is 2. The summed E-state index contributed by atoms with van der Waals surface area (Å²) in [5, 5.41) is 0. The van der Waals surface area contributed by atoms with Crippen LogP contribution in [0.1, 0.15) is 13.9 Å². The minimum absolute atomic E-state index is 0. The summed E-state index contributed by atoms with van der Waals surface area (Å²) in [7, 11) is 0. The van der Waals surface area contributed by atoms with E-state index in [4.69, 9.17) is 2.74 Å². The number of rotatable bonds is 4. The Morgan fingerprint density at radius 2 is 1.22 bits per heavy atom. The molecule has 0 saturated carbocycles. The van der Waals surface area contributed by atoms with Crippen molar-refractivity contribution in [3.63, 3.8) is 0 Å².